The van der Waals surface area contributed by atoms with E-state index in [2.05, 4.69) is 44.2 Å². The molecule has 0 aliphatic heterocycles. The molecule has 8 nitrogen and oxygen atoms in total. The van der Waals surface area contributed by atoms with Gasteiger partial charge in [0.1, 0.15) is 12.1 Å². The number of aromatic nitrogens is 6. The van der Waals surface area contributed by atoms with E-state index in [-0.39, 0.29) is 12.0 Å². The molecule has 132 valence electrons. The lowest BCUT2D eigenvalue weighted by atomic mass is 9.79. The van der Waals surface area contributed by atoms with Gasteiger partial charge in [0.25, 0.3) is 5.95 Å². The Morgan fingerprint density at radius 3 is 2.56 bits per heavy atom. The van der Waals surface area contributed by atoms with Crippen molar-refractivity contribution in [1.29, 1.82) is 0 Å². The van der Waals surface area contributed by atoms with Crippen molar-refractivity contribution >= 4 is 16.9 Å². The number of nitrogens with one attached hydrogen (secondary N) is 1. The molecule has 0 aliphatic carbocycles. The van der Waals surface area contributed by atoms with Gasteiger partial charge in [-0.05, 0) is 30.7 Å². The molecule has 3 aromatic rings. The Morgan fingerprint density at radius 2 is 1.88 bits per heavy atom. The Balaban J connectivity index is 1.90. The van der Waals surface area contributed by atoms with Crippen molar-refractivity contribution < 1.29 is 5.11 Å². The summed E-state index contributed by atoms with van der Waals surface area (Å²) in [6.07, 6.45) is 9.31. The highest BCUT2D eigenvalue weighted by atomic mass is 16.3. The number of hydrogen-bond acceptors (Lipinski definition) is 7. The second-order valence-electron chi connectivity index (χ2n) is 6.10. The predicted octanol–water partition coefficient (Wildman–Crippen LogP) is 2.21. The second-order valence-corrected chi connectivity index (χ2v) is 6.10. The summed E-state index contributed by atoms with van der Waals surface area (Å²) in [7, 11) is 0. The minimum absolute atomic E-state index is 0.0462. The number of hydrogen-bond donors (Lipinski definition) is 2. The largest absolute Gasteiger partial charge is 0.396 e. The molecule has 0 amide bonds. The van der Waals surface area contributed by atoms with Gasteiger partial charge < -0.3 is 10.4 Å². The van der Waals surface area contributed by atoms with Crippen molar-refractivity contribution in [3.05, 3.63) is 31.0 Å². The summed E-state index contributed by atoms with van der Waals surface area (Å²) in [5.41, 5.74) is 0.703. The van der Waals surface area contributed by atoms with Gasteiger partial charge in [-0.2, -0.15) is 9.78 Å². The van der Waals surface area contributed by atoms with Crippen LogP contribution in [-0.4, -0.2) is 48.0 Å². The maximum atomic E-state index is 9.38. The Kier molecular flexibility index (Phi) is 5.18. The van der Waals surface area contributed by atoms with Crippen LogP contribution in [0.2, 0.25) is 0 Å². The van der Waals surface area contributed by atoms with Crippen molar-refractivity contribution in [2.45, 2.75) is 33.1 Å². The van der Waals surface area contributed by atoms with E-state index in [1.54, 1.807) is 29.3 Å². The molecule has 25 heavy (non-hydrogen) atoms. The van der Waals surface area contributed by atoms with E-state index in [0.29, 0.717) is 11.6 Å². The van der Waals surface area contributed by atoms with Crippen LogP contribution < -0.4 is 5.32 Å². The molecule has 0 unspecified atom stereocenters. The Morgan fingerprint density at radius 1 is 1.12 bits per heavy atom. The minimum Gasteiger partial charge on any atom is -0.396 e. The second kappa shape index (κ2) is 7.52. The van der Waals surface area contributed by atoms with Gasteiger partial charge in [-0.15, -0.1) is 0 Å². The summed E-state index contributed by atoms with van der Waals surface area (Å²) in [4.78, 5) is 17.1. The first-order chi connectivity index (χ1) is 12.2. The lowest BCUT2D eigenvalue weighted by Gasteiger charge is -2.31. The summed E-state index contributed by atoms with van der Waals surface area (Å²) in [6, 6.07) is 1.76. The van der Waals surface area contributed by atoms with Crippen molar-refractivity contribution in [3.8, 4) is 5.95 Å². The van der Waals surface area contributed by atoms with Gasteiger partial charge in [0.05, 0.1) is 11.6 Å². The molecule has 2 N–H and O–H groups in total. The van der Waals surface area contributed by atoms with Crippen LogP contribution in [0.5, 0.6) is 0 Å². The van der Waals surface area contributed by atoms with Gasteiger partial charge in [0.2, 0.25) is 0 Å². The van der Waals surface area contributed by atoms with Gasteiger partial charge in [-0.1, -0.05) is 13.8 Å². The SMILES string of the molecule is CCC(CC)(CCO)CNc1ncnc2c1cnn2-c1ncccn1. The summed E-state index contributed by atoms with van der Waals surface area (Å²) < 4.78 is 1.60. The highest BCUT2D eigenvalue weighted by molar-refractivity contribution is 5.86. The molecule has 0 bridgehead atoms. The number of anilines is 1. The maximum absolute atomic E-state index is 9.38. The van der Waals surface area contributed by atoms with Crippen molar-refractivity contribution in [3.63, 3.8) is 0 Å². The van der Waals surface area contributed by atoms with Crippen LogP contribution in [0, 0.1) is 5.41 Å². The predicted molar refractivity (Wildman–Crippen MR) is 95.5 cm³/mol. The van der Waals surface area contributed by atoms with Crippen molar-refractivity contribution in [2.24, 2.45) is 5.41 Å². The topological polar surface area (TPSA) is 102 Å². The van der Waals surface area contributed by atoms with Gasteiger partial charge in [-0.3, -0.25) is 0 Å². The molecule has 0 aliphatic rings. The van der Waals surface area contributed by atoms with E-state index in [1.807, 2.05) is 0 Å². The molecule has 3 rings (SSSR count). The van der Waals surface area contributed by atoms with Gasteiger partial charge in [0.15, 0.2) is 5.65 Å². The smallest absolute Gasteiger partial charge is 0.252 e. The molecule has 0 aromatic carbocycles. The van der Waals surface area contributed by atoms with Crippen LogP contribution in [0.4, 0.5) is 5.82 Å². The molecule has 0 radical (unpaired) electrons. The number of aliphatic hydroxyl groups excluding tert-OH is 1. The highest BCUT2D eigenvalue weighted by Crippen LogP contribution is 2.31. The Labute approximate surface area is 146 Å². The number of fused-ring (bicyclic) bond motifs is 1. The van der Waals surface area contributed by atoms with E-state index in [9.17, 15) is 5.11 Å². The van der Waals surface area contributed by atoms with Gasteiger partial charge in [0, 0.05) is 25.5 Å². The summed E-state index contributed by atoms with van der Waals surface area (Å²) in [5.74, 6) is 1.20. The molecule has 8 heteroatoms. The quantitative estimate of drug-likeness (QED) is 0.647. The van der Waals surface area contributed by atoms with Crippen molar-refractivity contribution in [1.82, 2.24) is 29.7 Å². The zero-order chi connectivity index (χ0) is 17.7. The third kappa shape index (κ3) is 3.43. The van der Waals surface area contributed by atoms with Crippen LogP contribution in [0.25, 0.3) is 17.0 Å². The molecule has 3 aromatic heterocycles. The zero-order valence-corrected chi connectivity index (χ0v) is 14.6. The first-order valence-electron chi connectivity index (χ1n) is 8.54. The van der Waals surface area contributed by atoms with E-state index in [0.717, 1.165) is 37.0 Å². The molecular weight excluding hydrogens is 318 g/mol. The lowest BCUT2D eigenvalue weighted by Crippen LogP contribution is -2.30. The normalized spacial score (nSPS) is 11.8. The molecule has 0 fully saturated rings. The van der Waals surface area contributed by atoms with E-state index < -0.39 is 0 Å². The van der Waals surface area contributed by atoms with Crippen LogP contribution in [0.1, 0.15) is 33.1 Å². The number of aliphatic hydroxyl groups is 1. The first kappa shape index (κ1) is 17.2. The summed E-state index contributed by atoms with van der Waals surface area (Å²) in [6.45, 7) is 5.23. The third-order valence-corrected chi connectivity index (χ3v) is 4.88. The average Bonchev–Trinajstić information content (AvgIpc) is 3.11. The maximum Gasteiger partial charge on any atom is 0.252 e. The molecule has 0 spiro atoms. The lowest BCUT2D eigenvalue weighted by molar-refractivity contribution is 0.179. The molecule has 0 saturated carbocycles. The third-order valence-electron chi connectivity index (χ3n) is 4.88. The number of rotatable bonds is 8. The Hall–Kier alpha value is -2.61. The van der Waals surface area contributed by atoms with E-state index in [4.69, 9.17) is 0 Å². The van der Waals surface area contributed by atoms with Crippen LogP contribution >= 0.6 is 0 Å². The van der Waals surface area contributed by atoms with Crippen LogP contribution in [0.3, 0.4) is 0 Å². The standard InChI is InChI=1S/C17H23N7O/c1-3-17(4-2,6-9-25)11-20-14-13-10-23-24(15(13)22-12-21-14)16-18-7-5-8-19-16/h5,7-8,10,12,25H,3-4,6,9,11H2,1-2H3,(H,20,21,22). The fraction of sp³-hybridized carbons (Fsp3) is 0.471. The summed E-state index contributed by atoms with van der Waals surface area (Å²) >= 11 is 0. The minimum atomic E-state index is 0.0462. The molecule has 3 heterocycles. The van der Waals surface area contributed by atoms with Gasteiger partial charge >= 0.3 is 0 Å². The van der Waals surface area contributed by atoms with Gasteiger partial charge in [-0.25, -0.2) is 19.9 Å². The average molecular weight is 341 g/mol. The molecular formula is C17H23N7O. The van der Waals surface area contributed by atoms with E-state index >= 15 is 0 Å². The monoisotopic (exact) mass is 341 g/mol. The highest BCUT2D eigenvalue weighted by Gasteiger charge is 2.26. The first-order valence-corrected chi connectivity index (χ1v) is 8.54. The van der Waals surface area contributed by atoms with E-state index in [1.165, 1.54) is 6.33 Å². The fourth-order valence-corrected chi connectivity index (χ4v) is 2.98. The van der Waals surface area contributed by atoms with Crippen molar-refractivity contribution in [2.75, 3.05) is 18.5 Å². The Bertz CT molecular complexity index is 814. The molecule has 0 saturated heterocycles. The summed E-state index contributed by atoms with van der Waals surface area (Å²) in [5, 5.41) is 18.0. The van der Waals surface area contributed by atoms with Crippen LogP contribution in [0.15, 0.2) is 31.0 Å². The fourth-order valence-electron chi connectivity index (χ4n) is 2.98. The molecule has 0 atom stereocenters. The number of nitrogens with zero attached hydrogens (tertiary/aromatic N) is 6. The zero-order valence-electron chi connectivity index (χ0n) is 14.6. The van der Waals surface area contributed by atoms with Crippen LogP contribution in [-0.2, 0) is 0 Å².